The van der Waals surface area contributed by atoms with E-state index in [0.717, 1.165) is 18.4 Å². The van der Waals surface area contributed by atoms with Gasteiger partial charge in [-0.25, -0.2) is 0 Å². The number of hydrogen-bond acceptors (Lipinski definition) is 3. The molecule has 0 spiro atoms. The van der Waals surface area contributed by atoms with Crippen LogP contribution in [0.3, 0.4) is 0 Å². The van der Waals surface area contributed by atoms with Crippen LogP contribution in [0.4, 0.5) is 0 Å². The van der Waals surface area contributed by atoms with E-state index in [1.54, 1.807) is 0 Å². The van der Waals surface area contributed by atoms with Crippen molar-refractivity contribution in [1.82, 2.24) is 9.80 Å². The SMILES string of the molecule is CC(C)N(Cc1ccccc1)C(=O)CN1CCCCC1C(=O)O. The second-order valence-corrected chi connectivity index (χ2v) is 6.42. The van der Waals surface area contributed by atoms with Gasteiger partial charge in [-0.15, -0.1) is 0 Å². The summed E-state index contributed by atoms with van der Waals surface area (Å²) in [6.45, 7) is 5.41. The molecule has 1 unspecified atom stereocenters. The fraction of sp³-hybridized carbons (Fsp3) is 0.556. The van der Waals surface area contributed by atoms with E-state index in [1.165, 1.54) is 0 Å². The maximum Gasteiger partial charge on any atom is 0.320 e. The van der Waals surface area contributed by atoms with Gasteiger partial charge < -0.3 is 10.0 Å². The molecule has 0 radical (unpaired) electrons. The highest BCUT2D eigenvalue weighted by Crippen LogP contribution is 2.18. The zero-order valence-corrected chi connectivity index (χ0v) is 13.9. The third-order valence-corrected chi connectivity index (χ3v) is 4.38. The summed E-state index contributed by atoms with van der Waals surface area (Å²) in [4.78, 5) is 27.7. The van der Waals surface area contributed by atoms with E-state index in [1.807, 2.05) is 54.0 Å². The first-order valence-corrected chi connectivity index (χ1v) is 8.29. The van der Waals surface area contributed by atoms with Crippen LogP contribution in [0.2, 0.25) is 0 Å². The number of carbonyl (C=O) groups is 2. The van der Waals surface area contributed by atoms with Gasteiger partial charge in [-0.05, 0) is 38.8 Å². The minimum Gasteiger partial charge on any atom is -0.480 e. The third-order valence-electron chi connectivity index (χ3n) is 4.38. The predicted octanol–water partition coefficient (Wildman–Crippen LogP) is 2.36. The molecule has 1 aromatic carbocycles. The van der Waals surface area contributed by atoms with Crippen LogP contribution in [0.25, 0.3) is 0 Å². The topological polar surface area (TPSA) is 60.9 Å². The van der Waals surface area contributed by atoms with Gasteiger partial charge in [-0.3, -0.25) is 14.5 Å². The fourth-order valence-electron chi connectivity index (χ4n) is 3.06. The third kappa shape index (κ3) is 4.79. The Morgan fingerprint density at radius 3 is 2.57 bits per heavy atom. The number of rotatable bonds is 6. The van der Waals surface area contributed by atoms with Gasteiger partial charge in [-0.2, -0.15) is 0 Å². The highest BCUT2D eigenvalue weighted by molar-refractivity contribution is 5.80. The number of likely N-dealkylation sites (tertiary alicyclic amines) is 1. The lowest BCUT2D eigenvalue weighted by Crippen LogP contribution is -2.50. The normalized spacial score (nSPS) is 18.8. The maximum absolute atomic E-state index is 12.7. The van der Waals surface area contributed by atoms with Crippen molar-refractivity contribution in [1.29, 1.82) is 0 Å². The molecule has 1 amide bonds. The van der Waals surface area contributed by atoms with Gasteiger partial charge in [-0.1, -0.05) is 36.8 Å². The molecular formula is C18H26N2O3. The molecule has 1 aliphatic rings. The van der Waals surface area contributed by atoms with Gasteiger partial charge in [0.15, 0.2) is 0 Å². The molecule has 1 heterocycles. The van der Waals surface area contributed by atoms with Crippen LogP contribution >= 0.6 is 0 Å². The summed E-state index contributed by atoms with van der Waals surface area (Å²) in [5.74, 6) is -0.825. The number of carboxylic acids is 1. The molecule has 1 saturated heterocycles. The van der Waals surface area contributed by atoms with Crippen LogP contribution in [0.15, 0.2) is 30.3 Å². The quantitative estimate of drug-likeness (QED) is 0.875. The van der Waals surface area contributed by atoms with Gasteiger partial charge in [0, 0.05) is 12.6 Å². The van der Waals surface area contributed by atoms with E-state index >= 15 is 0 Å². The van der Waals surface area contributed by atoms with Crippen LogP contribution in [-0.4, -0.2) is 52.0 Å². The van der Waals surface area contributed by atoms with Crippen LogP contribution in [0.5, 0.6) is 0 Å². The monoisotopic (exact) mass is 318 g/mol. The number of nitrogens with zero attached hydrogens (tertiary/aromatic N) is 2. The first kappa shape index (κ1) is 17.5. The summed E-state index contributed by atoms with van der Waals surface area (Å²) >= 11 is 0. The minimum atomic E-state index is -0.823. The minimum absolute atomic E-state index is 0.00277. The molecule has 5 nitrogen and oxygen atoms in total. The Labute approximate surface area is 137 Å². The molecule has 2 rings (SSSR count). The molecule has 0 aromatic heterocycles. The van der Waals surface area contributed by atoms with E-state index in [0.29, 0.717) is 19.5 Å². The van der Waals surface area contributed by atoms with Gasteiger partial charge in [0.1, 0.15) is 6.04 Å². The Kier molecular flexibility index (Phi) is 6.16. The zero-order chi connectivity index (χ0) is 16.8. The number of benzene rings is 1. The van der Waals surface area contributed by atoms with Gasteiger partial charge in [0.05, 0.1) is 6.54 Å². The lowest BCUT2D eigenvalue weighted by Gasteiger charge is -2.35. The van der Waals surface area contributed by atoms with E-state index in [-0.39, 0.29) is 18.5 Å². The molecule has 126 valence electrons. The number of carboxylic acid groups (broad SMARTS) is 1. The van der Waals surface area contributed by atoms with Crippen molar-refractivity contribution in [2.24, 2.45) is 0 Å². The molecule has 0 bridgehead atoms. The van der Waals surface area contributed by atoms with Crippen molar-refractivity contribution in [3.8, 4) is 0 Å². The summed E-state index contributed by atoms with van der Waals surface area (Å²) in [5, 5.41) is 9.34. The van der Waals surface area contributed by atoms with Crippen molar-refractivity contribution in [3.63, 3.8) is 0 Å². The Bertz CT molecular complexity index is 530. The molecule has 23 heavy (non-hydrogen) atoms. The van der Waals surface area contributed by atoms with Crippen LogP contribution in [0.1, 0.15) is 38.7 Å². The molecule has 0 saturated carbocycles. The Hall–Kier alpha value is -1.88. The Morgan fingerprint density at radius 1 is 1.26 bits per heavy atom. The summed E-state index contributed by atoms with van der Waals surface area (Å²) < 4.78 is 0. The molecule has 1 aromatic rings. The molecule has 1 N–H and O–H groups in total. The molecule has 1 aliphatic heterocycles. The van der Waals surface area contributed by atoms with Gasteiger partial charge >= 0.3 is 5.97 Å². The smallest absolute Gasteiger partial charge is 0.320 e. The average molecular weight is 318 g/mol. The molecule has 1 fully saturated rings. The second kappa shape index (κ2) is 8.11. The zero-order valence-electron chi connectivity index (χ0n) is 13.9. The van der Waals surface area contributed by atoms with Crippen molar-refractivity contribution in [3.05, 3.63) is 35.9 Å². The van der Waals surface area contributed by atoms with Crippen LogP contribution < -0.4 is 0 Å². The lowest BCUT2D eigenvalue weighted by molar-refractivity contribution is -0.146. The van der Waals surface area contributed by atoms with Crippen LogP contribution in [-0.2, 0) is 16.1 Å². The largest absolute Gasteiger partial charge is 0.480 e. The van der Waals surface area contributed by atoms with E-state index in [4.69, 9.17) is 0 Å². The number of amides is 1. The Balaban J connectivity index is 2.04. The highest BCUT2D eigenvalue weighted by atomic mass is 16.4. The average Bonchev–Trinajstić information content (AvgIpc) is 2.53. The number of piperidine rings is 1. The van der Waals surface area contributed by atoms with Crippen LogP contribution in [0, 0.1) is 0 Å². The fourth-order valence-corrected chi connectivity index (χ4v) is 3.06. The predicted molar refractivity (Wildman–Crippen MR) is 89.0 cm³/mol. The molecular weight excluding hydrogens is 292 g/mol. The van der Waals surface area contributed by atoms with E-state index in [2.05, 4.69) is 0 Å². The standard InChI is InChI=1S/C18H26N2O3/c1-14(2)20(12-15-8-4-3-5-9-15)17(21)13-19-11-7-6-10-16(19)18(22)23/h3-5,8-9,14,16H,6-7,10-13H2,1-2H3,(H,22,23). The lowest BCUT2D eigenvalue weighted by atomic mass is 10.0. The first-order valence-electron chi connectivity index (χ1n) is 8.29. The van der Waals surface area contributed by atoms with Crippen molar-refractivity contribution >= 4 is 11.9 Å². The first-order chi connectivity index (χ1) is 11.0. The second-order valence-electron chi connectivity index (χ2n) is 6.42. The van der Waals surface area contributed by atoms with Gasteiger partial charge in [0.2, 0.25) is 5.91 Å². The molecule has 0 aliphatic carbocycles. The van der Waals surface area contributed by atoms with E-state index < -0.39 is 12.0 Å². The summed E-state index contributed by atoms with van der Waals surface area (Å²) in [7, 11) is 0. The number of hydrogen-bond donors (Lipinski definition) is 1. The maximum atomic E-state index is 12.7. The van der Waals surface area contributed by atoms with Gasteiger partial charge in [0.25, 0.3) is 0 Å². The highest BCUT2D eigenvalue weighted by Gasteiger charge is 2.31. The summed E-state index contributed by atoms with van der Waals surface area (Å²) in [6.07, 6.45) is 2.50. The van der Waals surface area contributed by atoms with Crippen molar-refractivity contribution in [2.45, 2.75) is 51.7 Å². The summed E-state index contributed by atoms with van der Waals surface area (Å²) in [5.41, 5.74) is 1.09. The Morgan fingerprint density at radius 2 is 1.96 bits per heavy atom. The van der Waals surface area contributed by atoms with Crippen molar-refractivity contribution in [2.75, 3.05) is 13.1 Å². The number of carbonyl (C=O) groups excluding carboxylic acids is 1. The number of aliphatic carboxylic acids is 1. The summed E-state index contributed by atoms with van der Waals surface area (Å²) in [6, 6.07) is 9.44. The van der Waals surface area contributed by atoms with E-state index in [9.17, 15) is 14.7 Å². The molecule has 5 heteroatoms. The molecule has 1 atom stereocenters. The van der Waals surface area contributed by atoms with Crippen molar-refractivity contribution < 1.29 is 14.7 Å².